The lowest BCUT2D eigenvalue weighted by Crippen LogP contribution is -2.26. The molecule has 4 nitrogen and oxygen atoms in total. The number of hydrogen-bond donors (Lipinski definition) is 2. The summed E-state index contributed by atoms with van der Waals surface area (Å²) >= 11 is 0. The predicted octanol–water partition coefficient (Wildman–Crippen LogP) is 7.78. The molecule has 2 fully saturated rings. The van der Waals surface area contributed by atoms with Crippen molar-refractivity contribution in [3.8, 4) is 11.1 Å². The largest absolute Gasteiger partial charge is 0.347 e. The number of halogens is 2. The highest BCUT2D eigenvalue weighted by molar-refractivity contribution is 6.03. The average Bonchev–Trinajstić information content (AvgIpc) is 3.23. The predicted molar refractivity (Wildman–Crippen MR) is 149 cm³/mol. The molecule has 0 atom stereocenters. The van der Waals surface area contributed by atoms with E-state index in [2.05, 4.69) is 34.3 Å². The Hall–Kier alpha value is -2.37. The smallest absolute Gasteiger partial charge is 0.224 e. The molecule has 2 aromatic carbocycles. The van der Waals surface area contributed by atoms with E-state index >= 15 is 4.39 Å². The number of para-hydroxylation sites is 1. The van der Waals surface area contributed by atoms with Crippen molar-refractivity contribution in [2.24, 2.45) is 11.7 Å². The molecule has 5 rings (SSSR count). The molecule has 194 valence electrons. The minimum Gasteiger partial charge on any atom is -0.347 e. The summed E-state index contributed by atoms with van der Waals surface area (Å²) in [6.07, 6.45) is 12.6. The van der Waals surface area contributed by atoms with E-state index in [-0.39, 0.29) is 36.1 Å². The van der Waals surface area contributed by atoms with E-state index in [1.54, 1.807) is 0 Å². The third-order valence-electron chi connectivity index (χ3n) is 8.22. The van der Waals surface area contributed by atoms with Crippen molar-refractivity contribution in [1.29, 1.82) is 0 Å². The molecule has 1 heterocycles. The molecule has 0 saturated heterocycles. The van der Waals surface area contributed by atoms with Crippen LogP contribution in [0.25, 0.3) is 22.0 Å². The molecule has 2 saturated carbocycles. The Bertz CT molecular complexity index is 1190. The number of rotatable bonds is 6. The van der Waals surface area contributed by atoms with Crippen LogP contribution in [0.15, 0.2) is 42.6 Å². The van der Waals surface area contributed by atoms with E-state index in [0.717, 1.165) is 54.3 Å². The molecule has 0 spiro atoms. The van der Waals surface area contributed by atoms with Crippen LogP contribution in [0.1, 0.15) is 82.6 Å². The Morgan fingerprint density at radius 2 is 1.75 bits per heavy atom. The number of nitrogens with one attached hydrogen (secondary N) is 1. The van der Waals surface area contributed by atoms with Crippen molar-refractivity contribution in [3.05, 3.63) is 54.0 Å². The number of amides is 1. The van der Waals surface area contributed by atoms with Gasteiger partial charge < -0.3 is 15.6 Å². The summed E-state index contributed by atoms with van der Waals surface area (Å²) in [6.45, 7) is 2.78. The van der Waals surface area contributed by atoms with Gasteiger partial charge in [-0.05, 0) is 68.1 Å². The molecule has 0 radical (unpaired) electrons. The van der Waals surface area contributed by atoms with Gasteiger partial charge in [0.15, 0.2) is 0 Å². The Morgan fingerprint density at radius 3 is 2.47 bits per heavy atom. The van der Waals surface area contributed by atoms with Gasteiger partial charge in [0.2, 0.25) is 5.91 Å². The van der Waals surface area contributed by atoms with Crippen LogP contribution in [0.3, 0.4) is 0 Å². The van der Waals surface area contributed by atoms with Crippen molar-refractivity contribution in [3.63, 3.8) is 0 Å². The number of benzene rings is 2. The van der Waals surface area contributed by atoms with Crippen LogP contribution in [-0.4, -0.2) is 16.5 Å². The third kappa shape index (κ3) is 5.47. The van der Waals surface area contributed by atoms with Crippen LogP contribution in [0, 0.1) is 11.7 Å². The number of hydrogen-bond acceptors (Lipinski definition) is 2. The quantitative estimate of drug-likeness (QED) is 0.355. The molecule has 2 aliphatic rings. The van der Waals surface area contributed by atoms with E-state index in [9.17, 15) is 4.79 Å². The van der Waals surface area contributed by atoms with Crippen molar-refractivity contribution in [1.82, 2.24) is 4.57 Å². The highest BCUT2D eigenvalue weighted by Crippen LogP contribution is 2.43. The summed E-state index contributed by atoms with van der Waals surface area (Å²) in [5, 5.41) is 4.02. The van der Waals surface area contributed by atoms with Gasteiger partial charge in [0.1, 0.15) is 5.82 Å². The molecule has 6 heteroatoms. The zero-order valence-electron chi connectivity index (χ0n) is 21.3. The van der Waals surface area contributed by atoms with Crippen LogP contribution >= 0.6 is 12.4 Å². The summed E-state index contributed by atoms with van der Waals surface area (Å²) in [4.78, 5) is 12.4. The van der Waals surface area contributed by atoms with E-state index in [1.807, 2.05) is 25.1 Å². The van der Waals surface area contributed by atoms with Gasteiger partial charge in [-0.2, -0.15) is 0 Å². The molecule has 1 aromatic heterocycles. The van der Waals surface area contributed by atoms with Gasteiger partial charge in [0.25, 0.3) is 0 Å². The van der Waals surface area contributed by atoms with Crippen LogP contribution in [-0.2, 0) is 11.3 Å². The maximum absolute atomic E-state index is 16.5. The van der Waals surface area contributed by atoms with Gasteiger partial charge in [-0.15, -0.1) is 12.4 Å². The minimum atomic E-state index is -0.194. The molecule has 0 aliphatic heterocycles. The topological polar surface area (TPSA) is 60.1 Å². The zero-order valence-corrected chi connectivity index (χ0v) is 22.1. The molecule has 2 aliphatic carbocycles. The lowest BCUT2D eigenvalue weighted by Gasteiger charge is -2.27. The molecule has 1 amide bonds. The van der Waals surface area contributed by atoms with Gasteiger partial charge in [0.05, 0.1) is 5.69 Å². The van der Waals surface area contributed by atoms with Crippen molar-refractivity contribution >= 4 is 34.9 Å². The first-order chi connectivity index (χ1) is 17.0. The third-order valence-corrected chi connectivity index (χ3v) is 8.22. The van der Waals surface area contributed by atoms with Gasteiger partial charge in [-0.1, -0.05) is 50.5 Å². The van der Waals surface area contributed by atoms with E-state index < -0.39 is 0 Å². The van der Waals surface area contributed by atoms with Gasteiger partial charge in [-0.3, -0.25) is 4.79 Å². The second kappa shape index (κ2) is 11.8. The highest BCUT2D eigenvalue weighted by atomic mass is 35.5. The maximum Gasteiger partial charge on any atom is 0.224 e. The molecular weight excluding hydrogens is 473 g/mol. The van der Waals surface area contributed by atoms with E-state index in [4.69, 9.17) is 5.73 Å². The Balaban J connectivity index is 0.00000304. The number of anilines is 1. The van der Waals surface area contributed by atoms with Gasteiger partial charge >= 0.3 is 0 Å². The second-order valence-corrected chi connectivity index (χ2v) is 10.6. The Labute approximate surface area is 220 Å². The second-order valence-electron chi connectivity index (χ2n) is 10.6. The van der Waals surface area contributed by atoms with Crippen molar-refractivity contribution < 1.29 is 9.18 Å². The normalized spacial score (nSPS) is 20.8. The van der Waals surface area contributed by atoms with Crippen LogP contribution in [0.4, 0.5) is 10.1 Å². The Kier molecular flexibility index (Phi) is 8.74. The number of carbonyl (C=O) groups excluding carboxylic acids is 1. The molecule has 3 N–H and O–H groups in total. The standard InChI is InChI=1S/C30H38FN3O.ClH/c1-2-28(35)33-26-17-16-23(21-12-14-22(32)15-13-21)30(31)29(26)25-19-34(18-20-8-4-3-5-9-20)27-11-7-6-10-24(25)27;/h6-7,10-11,16-17,19-22H,2-5,8-9,12-15,18,32H2,1H3,(H,33,35);1H. The first kappa shape index (κ1) is 26.7. The van der Waals surface area contributed by atoms with Crippen molar-refractivity contribution in [2.75, 3.05) is 5.32 Å². The summed E-state index contributed by atoms with van der Waals surface area (Å²) in [7, 11) is 0. The Morgan fingerprint density at radius 1 is 1.03 bits per heavy atom. The molecule has 0 unspecified atom stereocenters. The molecular formula is C30H39ClFN3O. The minimum absolute atomic E-state index is 0. The summed E-state index contributed by atoms with van der Waals surface area (Å²) < 4.78 is 18.8. The number of carbonyl (C=O) groups is 1. The summed E-state index contributed by atoms with van der Waals surface area (Å²) in [6, 6.07) is 12.3. The lowest BCUT2D eigenvalue weighted by molar-refractivity contribution is -0.115. The summed E-state index contributed by atoms with van der Waals surface area (Å²) in [5.41, 5.74) is 9.97. The van der Waals surface area contributed by atoms with Gasteiger partial charge in [-0.25, -0.2) is 4.39 Å². The first-order valence-corrected chi connectivity index (χ1v) is 13.5. The van der Waals surface area contributed by atoms with Crippen LogP contribution < -0.4 is 11.1 Å². The zero-order chi connectivity index (χ0) is 24.4. The fourth-order valence-corrected chi connectivity index (χ4v) is 6.19. The van der Waals surface area contributed by atoms with E-state index in [0.29, 0.717) is 23.6 Å². The SMILES string of the molecule is CCC(=O)Nc1ccc(C2CCC(N)CC2)c(F)c1-c1cn(CC2CCCCC2)c2ccccc12.Cl. The molecule has 36 heavy (non-hydrogen) atoms. The van der Waals surface area contributed by atoms with Crippen molar-refractivity contribution in [2.45, 2.75) is 89.6 Å². The van der Waals surface area contributed by atoms with Crippen LogP contribution in [0.5, 0.6) is 0 Å². The van der Waals surface area contributed by atoms with Gasteiger partial charge in [0, 0.05) is 47.2 Å². The van der Waals surface area contributed by atoms with Crippen LogP contribution in [0.2, 0.25) is 0 Å². The fraction of sp³-hybridized carbons (Fsp3) is 0.500. The molecule has 3 aromatic rings. The van der Waals surface area contributed by atoms with E-state index in [1.165, 1.54) is 32.1 Å². The first-order valence-electron chi connectivity index (χ1n) is 13.5. The number of fused-ring (bicyclic) bond motifs is 1. The monoisotopic (exact) mass is 511 g/mol. The number of nitrogens with zero attached hydrogens (tertiary/aromatic N) is 1. The number of aromatic nitrogens is 1. The maximum atomic E-state index is 16.5. The average molecular weight is 512 g/mol. The highest BCUT2D eigenvalue weighted by Gasteiger charge is 2.27. The molecule has 0 bridgehead atoms. The lowest BCUT2D eigenvalue weighted by atomic mass is 9.80. The number of nitrogens with two attached hydrogens (primary N) is 1. The fourth-order valence-electron chi connectivity index (χ4n) is 6.19. The summed E-state index contributed by atoms with van der Waals surface area (Å²) in [5.74, 6) is 0.530.